The molecule has 0 saturated carbocycles. The Morgan fingerprint density at radius 2 is 1.94 bits per heavy atom. The van der Waals surface area contributed by atoms with Crippen molar-refractivity contribution in [3.8, 4) is 0 Å². The molecule has 2 atom stereocenters. The molecule has 4 N–H and O–H groups in total. The molecule has 5 heteroatoms. The van der Waals surface area contributed by atoms with Crippen LogP contribution in [0.5, 0.6) is 0 Å². The zero-order valence-electron chi connectivity index (χ0n) is 10.9. The summed E-state index contributed by atoms with van der Waals surface area (Å²) < 4.78 is 0. The number of hydrogen-bond donors (Lipinski definition) is 3. The van der Waals surface area contributed by atoms with Gasteiger partial charge < -0.3 is 16.2 Å². The number of aliphatic carboxylic acids is 1. The van der Waals surface area contributed by atoms with Gasteiger partial charge in [0.25, 0.3) is 0 Å². The van der Waals surface area contributed by atoms with Crippen molar-refractivity contribution in [1.82, 2.24) is 5.32 Å². The molecule has 0 aromatic rings. The quantitative estimate of drug-likeness (QED) is 0.593. The van der Waals surface area contributed by atoms with Crippen LogP contribution in [0.15, 0.2) is 0 Å². The van der Waals surface area contributed by atoms with Gasteiger partial charge in [-0.25, -0.2) is 0 Å². The van der Waals surface area contributed by atoms with Crippen molar-refractivity contribution in [2.24, 2.45) is 17.6 Å². The van der Waals surface area contributed by atoms with Crippen LogP contribution in [0.2, 0.25) is 0 Å². The lowest BCUT2D eigenvalue weighted by Gasteiger charge is -2.19. The molecule has 0 rings (SSSR count). The van der Waals surface area contributed by atoms with Crippen LogP contribution in [0, 0.1) is 11.8 Å². The van der Waals surface area contributed by atoms with E-state index >= 15 is 0 Å². The van der Waals surface area contributed by atoms with Gasteiger partial charge in [-0.15, -0.1) is 0 Å². The van der Waals surface area contributed by atoms with E-state index < -0.39 is 12.0 Å². The lowest BCUT2D eigenvalue weighted by atomic mass is 9.94. The second-order valence-corrected chi connectivity index (χ2v) is 4.85. The maximum Gasteiger partial charge on any atom is 0.303 e. The molecule has 1 unspecified atom stereocenters. The number of carboxylic acid groups (broad SMARTS) is 1. The maximum atomic E-state index is 11.5. The summed E-state index contributed by atoms with van der Waals surface area (Å²) in [6.45, 7) is 6.30. The molecule has 0 spiro atoms. The van der Waals surface area contributed by atoms with Crippen molar-refractivity contribution in [2.75, 3.05) is 6.54 Å². The van der Waals surface area contributed by atoms with E-state index in [-0.39, 0.29) is 18.2 Å². The van der Waals surface area contributed by atoms with Gasteiger partial charge in [0.2, 0.25) is 5.91 Å². The molecule has 0 heterocycles. The average Bonchev–Trinajstić information content (AvgIpc) is 2.22. The molecular weight excluding hydrogens is 220 g/mol. The van der Waals surface area contributed by atoms with E-state index in [0.717, 1.165) is 6.42 Å². The van der Waals surface area contributed by atoms with Crippen LogP contribution >= 0.6 is 0 Å². The highest BCUT2D eigenvalue weighted by Crippen LogP contribution is 2.14. The number of nitrogens with two attached hydrogens (primary N) is 1. The number of amides is 1. The first-order valence-corrected chi connectivity index (χ1v) is 6.11. The molecular formula is C12H24N2O3. The van der Waals surface area contributed by atoms with Crippen LogP contribution in [-0.2, 0) is 9.59 Å². The fourth-order valence-corrected chi connectivity index (χ4v) is 1.71. The Bertz CT molecular complexity index is 254. The first-order valence-electron chi connectivity index (χ1n) is 6.11. The number of carboxylic acids is 1. The molecule has 0 radical (unpaired) electrons. The van der Waals surface area contributed by atoms with Gasteiger partial charge in [-0.05, 0) is 24.7 Å². The van der Waals surface area contributed by atoms with Crippen molar-refractivity contribution in [2.45, 2.75) is 46.1 Å². The van der Waals surface area contributed by atoms with E-state index in [9.17, 15) is 9.59 Å². The number of carbonyl (C=O) groups is 2. The van der Waals surface area contributed by atoms with Gasteiger partial charge in [-0.3, -0.25) is 9.59 Å². The maximum absolute atomic E-state index is 11.5. The Morgan fingerprint density at radius 1 is 1.35 bits per heavy atom. The van der Waals surface area contributed by atoms with Gasteiger partial charge in [0.05, 0.1) is 6.04 Å². The minimum Gasteiger partial charge on any atom is -0.481 e. The Kier molecular flexibility index (Phi) is 7.54. The number of hydrogen-bond acceptors (Lipinski definition) is 3. The van der Waals surface area contributed by atoms with Gasteiger partial charge in [-0.1, -0.05) is 20.8 Å². The molecule has 0 aromatic carbocycles. The highest BCUT2D eigenvalue weighted by atomic mass is 16.4. The lowest BCUT2D eigenvalue weighted by molar-refractivity contribution is -0.138. The summed E-state index contributed by atoms with van der Waals surface area (Å²) in [5.74, 6) is -0.645. The Balaban J connectivity index is 4.15. The van der Waals surface area contributed by atoms with E-state index in [0.29, 0.717) is 18.9 Å². The molecule has 0 aliphatic rings. The largest absolute Gasteiger partial charge is 0.481 e. The molecule has 0 aliphatic carbocycles. The summed E-state index contributed by atoms with van der Waals surface area (Å²) in [4.78, 5) is 22.2. The zero-order chi connectivity index (χ0) is 13.4. The second kappa shape index (κ2) is 8.06. The van der Waals surface area contributed by atoms with Crippen LogP contribution < -0.4 is 11.1 Å². The monoisotopic (exact) mass is 244 g/mol. The summed E-state index contributed by atoms with van der Waals surface area (Å²) in [7, 11) is 0. The lowest BCUT2D eigenvalue weighted by Crippen LogP contribution is -2.42. The second-order valence-electron chi connectivity index (χ2n) is 4.85. The number of rotatable bonds is 8. The predicted molar refractivity (Wildman–Crippen MR) is 66.5 cm³/mol. The summed E-state index contributed by atoms with van der Waals surface area (Å²) in [6, 6.07) is -0.500. The van der Waals surface area contributed by atoms with Crippen LogP contribution in [0.3, 0.4) is 0 Å². The fourth-order valence-electron chi connectivity index (χ4n) is 1.71. The van der Waals surface area contributed by atoms with Gasteiger partial charge in [0.15, 0.2) is 0 Å². The fraction of sp³-hybridized carbons (Fsp3) is 0.833. The molecule has 0 aromatic heterocycles. The number of carbonyl (C=O) groups excluding carboxylic acids is 1. The van der Waals surface area contributed by atoms with Crippen LogP contribution in [0.1, 0.15) is 40.0 Å². The van der Waals surface area contributed by atoms with Crippen molar-refractivity contribution in [3.63, 3.8) is 0 Å². The first kappa shape index (κ1) is 15.9. The summed E-state index contributed by atoms with van der Waals surface area (Å²) in [5, 5.41) is 11.5. The highest BCUT2D eigenvalue weighted by molar-refractivity contribution is 5.81. The molecule has 100 valence electrons. The molecule has 17 heavy (non-hydrogen) atoms. The summed E-state index contributed by atoms with van der Waals surface area (Å²) in [5.41, 5.74) is 5.58. The minimum absolute atomic E-state index is 0.0273. The Labute approximate surface area is 103 Å². The van der Waals surface area contributed by atoms with Gasteiger partial charge >= 0.3 is 5.97 Å². The van der Waals surface area contributed by atoms with Crippen molar-refractivity contribution in [1.29, 1.82) is 0 Å². The van der Waals surface area contributed by atoms with Crippen molar-refractivity contribution >= 4 is 11.9 Å². The van der Waals surface area contributed by atoms with Crippen molar-refractivity contribution < 1.29 is 14.7 Å². The topological polar surface area (TPSA) is 92.4 Å². The normalized spacial score (nSPS) is 14.4. The van der Waals surface area contributed by atoms with Gasteiger partial charge in [0.1, 0.15) is 0 Å². The van der Waals surface area contributed by atoms with E-state index in [1.165, 1.54) is 0 Å². The molecule has 0 saturated heterocycles. The molecule has 5 nitrogen and oxygen atoms in total. The third-order valence-electron chi connectivity index (χ3n) is 2.61. The molecule has 0 bridgehead atoms. The first-order chi connectivity index (χ1) is 7.86. The molecule has 1 amide bonds. The third-order valence-corrected chi connectivity index (χ3v) is 2.61. The van der Waals surface area contributed by atoms with Gasteiger partial charge in [0, 0.05) is 13.0 Å². The zero-order valence-corrected chi connectivity index (χ0v) is 10.9. The van der Waals surface area contributed by atoms with E-state index in [1.807, 2.05) is 20.8 Å². The summed E-state index contributed by atoms with van der Waals surface area (Å²) in [6.07, 6.45) is 1.45. The van der Waals surface area contributed by atoms with Gasteiger partial charge in [-0.2, -0.15) is 0 Å². The smallest absolute Gasteiger partial charge is 0.303 e. The Morgan fingerprint density at radius 3 is 2.35 bits per heavy atom. The van der Waals surface area contributed by atoms with Crippen LogP contribution in [0.25, 0.3) is 0 Å². The molecule has 0 aliphatic heterocycles. The summed E-state index contributed by atoms with van der Waals surface area (Å²) >= 11 is 0. The van der Waals surface area contributed by atoms with E-state index in [2.05, 4.69) is 5.32 Å². The van der Waals surface area contributed by atoms with Crippen LogP contribution in [-0.4, -0.2) is 29.6 Å². The van der Waals surface area contributed by atoms with Crippen LogP contribution in [0.4, 0.5) is 0 Å². The third kappa shape index (κ3) is 7.74. The molecule has 0 fully saturated rings. The SMILES string of the molecule is CCC(N)C(=O)NC[C@H](CC(=O)O)CC(C)C. The standard InChI is InChI=1S/C12H24N2O3/c1-4-10(13)12(17)14-7-9(5-8(2)3)6-11(15)16/h8-10H,4-7,13H2,1-3H3,(H,14,17)(H,15,16)/t9-,10?/m0/s1. The van der Waals surface area contributed by atoms with E-state index in [1.54, 1.807) is 0 Å². The van der Waals surface area contributed by atoms with E-state index in [4.69, 9.17) is 10.8 Å². The minimum atomic E-state index is -0.829. The predicted octanol–water partition coefficient (Wildman–Crippen LogP) is 0.977. The highest BCUT2D eigenvalue weighted by Gasteiger charge is 2.17. The average molecular weight is 244 g/mol. The Hall–Kier alpha value is -1.10. The number of nitrogens with one attached hydrogen (secondary N) is 1. The van der Waals surface area contributed by atoms with Crippen molar-refractivity contribution in [3.05, 3.63) is 0 Å².